The maximum absolute atomic E-state index is 12.9. The van der Waals surface area contributed by atoms with Crippen LogP contribution in [0.1, 0.15) is 30.7 Å². The maximum atomic E-state index is 12.9. The van der Waals surface area contributed by atoms with E-state index in [4.69, 9.17) is 0 Å². The van der Waals surface area contributed by atoms with Crippen molar-refractivity contribution in [2.75, 3.05) is 31.6 Å². The molecule has 3 rings (SSSR count). The number of amides is 2. The zero-order chi connectivity index (χ0) is 22.8. The van der Waals surface area contributed by atoms with Gasteiger partial charge in [-0.3, -0.25) is 9.59 Å². The molecule has 0 spiro atoms. The Morgan fingerprint density at radius 3 is 2.35 bits per heavy atom. The Morgan fingerprint density at radius 2 is 1.81 bits per heavy atom. The highest BCUT2D eigenvalue weighted by Crippen LogP contribution is 2.28. The molecule has 7 nitrogen and oxygen atoms in total. The quantitative estimate of drug-likeness (QED) is 0.603. The van der Waals surface area contributed by atoms with Crippen LogP contribution in [0, 0.1) is 12.8 Å². The van der Waals surface area contributed by atoms with Crippen molar-refractivity contribution in [1.82, 2.24) is 9.21 Å². The van der Waals surface area contributed by atoms with Gasteiger partial charge in [-0.25, -0.2) is 8.42 Å². The first-order chi connectivity index (χ1) is 14.7. The summed E-state index contributed by atoms with van der Waals surface area (Å²) in [6.45, 7) is 7.24. The number of anilines is 1. The Balaban J connectivity index is 1.70. The monoisotopic (exact) mass is 463 g/mol. The molecule has 9 heteroatoms. The maximum Gasteiger partial charge on any atom is 0.243 e. The van der Waals surface area contributed by atoms with E-state index in [1.54, 1.807) is 54.2 Å². The van der Waals surface area contributed by atoms with Gasteiger partial charge in [-0.15, -0.1) is 11.3 Å². The lowest BCUT2D eigenvalue weighted by Gasteiger charge is -2.22. The first-order valence-corrected chi connectivity index (χ1v) is 12.7. The summed E-state index contributed by atoms with van der Waals surface area (Å²) in [5, 5.41) is 2.01. The molecule has 2 aromatic rings. The first kappa shape index (κ1) is 23.4. The normalized spacial score (nSPS) is 16.9. The van der Waals surface area contributed by atoms with Crippen molar-refractivity contribution in [2.24, 2.45) is 5.92 Å². The van der Waals surface area contributed by atoms with Crippen molar-refractivity contribution in [3.8, 4) is 0 Å². The standard InChI is InChI=1S/C22H29N3O4S2/c1-5-24(6-2)31(28,29)19-9-7-18(8-10-19)25-14-17(13-21(25)26)22(27)23(4)15-20-16(3)11-12-30-20/h7-12,17H,5-6,13-15H2,1-4H3. The zero-order valence-electron chi connectivity index (χ0n) is 18.4. The van der Waals surface area contributed by atoms with Gasteiger partial charge in [0.2, 0.25) is 21.8 Å². The Hall–Kier alpha value is -2.23. The number of benzene rings is 1. The van der Waals surface area contributed by atoms with E-state index >= 15 is 0 Å². The van der Waals surface area contributed by atoms with E-state index in [0.717, 1.165) is 10.4 Å². The minimum Gasteiger partial charge on any atom is -0.340 e. The van der Waals surface area contributed by atoms with Crippen molar-refractivity contribution >= 4 is 38.9 Å². The summed E-state index contributed by atoms with van der Waals surface area (Å²) in [7, 11) is -1.78. The largest absolute Gasteiger partial charge is 0.340 e. The third-order valence-corrected chi connectivity index (χ3v) is 8.76. The molecule has 1 aromatic heterocycles. The molecule has 1 unspecified atom stereocenters. The summed E-state index contributed by atoms with van der Waals surface area (Å²) in [6, 6.07) is 8.36. The van der Waals surface area contributed by atoms with Crippen LogP contribution in [-0.4, -0.2) is 56.1 Å². The van der Waals surface area contributed by atoms with Gasteiger partial charge in [0.15, 0.2) is 0 Å². The van der Waals surface area contributed by atoms with Crippen molar-refractivity contribution < 1.29 is 18.0 Å². The molecule has 1 aromatic carbocycles. The van der Waals surface area contributed by atoms with Gasteiger partial charge >= 0.3 is 0 Å². The predicted molar refractivity (Wildman–Crippen MR) is 123 cm³/mol. The van der Waals surface area contributed by atoms with Gasteiger partial charge in [0, 0.05) is 43.7 Å². The molecule has 1 aliphatic rings. The molecular formula is C22H29N3O4S2. The molecule has 0 N–H and O–H groups in total. The lowest BCUT2D eigenvalue weighted by molar-refractivity contribution is -0.135. The molecule has 1 atom stereocenters. The van der Waals surface area contributed by atoms with E-state index in [1.165, 1.54) is 16.4 Å². The van der Waals surface area contributed by atoms with Gasteiger partial charge in [-0.2, -0.15) is 4.31 Å². The van der Waals surface area contributed by atoms with Crippen LogP contribution < -0.4 is 4.90 Å². The topological polar surface area (TPSA) is 78.0 Å². The van der Waals surface area contributed by atoms with E-state index in [9.17, 15) is 18.0 Å². The molecule has 2 heterocycles. The number of carbonyl (C=O) groups excluding carboxylic acids is 2. The molecular weight excluding hydrogens is 434 g/mol. The molecule has 0 aliphatic carbocycles. The van der Waals surface area contributed by atoms with Gasteiger partial charge in [0.1, 0.15) is 0 Å². The Morgan fingerprint density at radius 1 is 1.16 bits per heavy atom. The summed E-state index contributed by atoms with van der Waals surface area (Å²) in [5.74, 6) is -0.584. The van der Waals surface area contributed by atoms with Crippen molar-refractivity contribution in [3.63, 3.8) is 0 Å². The second-order valence-corrected chi connectivity index (χ2v) is 10.6. The van der Waals surface area contributed by atoms with Gasteiger partial charge < -0.3 is 9.80 Å². The number of nitrogens with zero attached hydrogens (tertiary/aromatic N) is 3. The second kappa shape index (κ2) is 9.50. The molecule has 2 amide bonds. The summed E-state index contributed by atoms with van der Waals surface area (Å²) in [6.07, 6.45) is 0.159. The van der Waals surface area contributed by atoms with Crippen molar-refractivity contribution in [3.05, 3.63) is 46.2 Å². The average Bonchev–Trinajstić information content (AvgIpc) is 3.33. The summed E-state index contributed by atoms with van der Waals surface area (Å²) >= 11 is 1.62. The molecule has 1 aliphatic heterocycles. The first-order valence-electron chi connectivity index (χ1n) is 10.4. The fraction of sp³-hybridized carbons (Fsp3) is 0.455. The van der Waals surface area contributed by atoms with Gasteiger partial charge in [0.05, 0.1) is 17.4 Å². The van der Waals surface area contributed by atoms with E-state index in [2.05, 4.69) is 0 Å². The number of carbonyl (C=O) groups is 2. The third kappa shape index (κ3) is 4.83. The number of hydrogen-bond donors (Lipinski definition) is 0. The molecule has 168 valence electrons. The van der Waals surface area contributed by atoms with Crippen molar-refractivity contribution in [2.45, 2.75) is 38.6 Å². The smallest absolute Gasteiger partial charge is 0.243 e. The number of thiophene rings is 1. The number of aryl methyl sites for hydroxylation is 1. The lowest BCUT2D eigenvalue weighted by Crippen LogP contribution is -2.34. The number of hydrogen-bond acceptors (Lipinski definition) is 5. The van der Waals surface area contributed by atoms with Crippen LogP contribution in [0.2, 0.25) is 0 Å². The number of rotatable bonds is 8. The SMILES string of the molecule is CCN(CC)S(=O)(=O)c1ccc(N2CC(C(=O)N(C)Cc3sccc3C)CC2=O)cc1. The highest BCUT2D eigenvalue weighted by Gasteiger charge is 2.36. The second-order valence-electron chi connectivity index (χ2n) is 7.71. The van der Waals surface area contributed by atoms with E-state index < -0.39 is 15.9 Å². The third-order valence-electron chi connectivity index (χ3n) is 5.69. The Labute approximate surface area is 188 Å². The molecule has 31 heavy (non-hydrogen) atoms. The molecule has 0 radical (unpaired) electrons. The minimum atomic E-state index is -3.55. The Bertz CT molecular complexity index is 1040. The Kier molecular flexibility index (Phi) is 7.18. The molecule has 1 saturated heterocycles. The van der Waals surface area contributed by atoms with Gasteiger partial charge in [-0.1, -0.05) is 13.8 Å². The van der Waals surface area contributed by atoms with Crippen LogP contribution in [0.25, 0.3) is 0 Å². The van der Waals surface area contributed by atoms with Crippen LogP contribution in [-0.2, 0) is 26.2 Å². The van der Waals surface area contributed by atoms with E-state index in [0.29, 0.717) is 31.9 Å². The van der Waals surface area contributed by atoms with Gasteiger partial charge in [0.25, 0.3) is 0 Å². The fourth-order valence-electron chi connectivity index (χ4n) is 3.80. The number of sulfonamides is 1. The van der Waals surface area contributed by atoms with Crippen LogP contribution in [0.15, 0.2) is 40.6 Å². The molecule has 1 fully saturated rings. The average molecular weight is 464 g/mol. The van der Waals surface area contributed by atoms with E-state index in [-0.39, 0.29) is 23.1 Å². The molecule has 0 bridgehead atoms. The highest BCUT2D eigenvalue weighted by atomic mass is 32.2. The predicted octanol–water partition coefficient (Wildman–Crippen LogP) is 3.10. The van der Waals surface area contributed by atoms with E-state index in [1.807, 2.05) is 18.4 Å². The van der Waals surface area contributed by atoms with Crippen LogP contribution in [0.3, 0.4) is 0 Å². The fourth-order valence-corrected chi connectivity index (χ4v) is 6.22. The van der Waals surface area contributed by atoms with Crippen LogP contribution >= 0.6 is 11.3 Å². The summed E-state index contributed by atoms with van der Waals surface area (Å²) in [5.41, 5.74) is 1.77. The van der Waals surface area contributed by atoms with Crippen molar-refractivity contribution in [1.29, 1.82) is 0 Å². The lowest BCUT2D eigenvalue weighted by atomic mass is 10.1. The summed E-state index contributed by atoms with van der Waals surface area (Å²) in [4.78, 5) is 30.1. The van der Waals surface area contributed by atoms with Crippen LogP contribution in [0.5, 0.6) is 0 Å². The zero-order valence-corrected chi connectivity index (χ0v) is 20.0. The molecule has 0 saturated carbocycles. The van der Waals surface area contributed by atoms with Crippen LogP contribution in [0.4, 0.5) is 5.69 Å². The minimum absolute atomic E-state index is 0.0515. The summed E-state index contributed by atoms with van der Waals surface area (Å²) < 4.78 is 26.7. The highest BCUT2D eigenvalue weighted by molar-refractivity contribution is 7.89. The van der Waals surface area contributed by atoms with Gasteiger partial charge in [-0.05, 0) is 48.2 Å².